The van der Waals surface area contributed by atoms with Gasteiger partial charge in [-0.2, -0.15) is 0 Å². The molecule has 2 atom stereocenters. The fraction of sp³-hybridized carbons (Fsp3) is 0.615. The number of hydrogen-bond acceptors (Lipinski definition) is 3. The molecule has 0 aliphatic rings. The second kappa shape index (κ2) is 8.25. The second-order valence-electron chi connectivity index (χ2n) is 4.04. The summed E-state index contributed by atoms with van der Waals surface area (Å²) in [5.41, 5.74) is 6.61. The van der Waals surface area contributed by atoms with E-state index in [4.69, 9.17) is 10.5 Å². The summed E-state index contributed by atoms with van der Waals surface area (Å²) in [6.07, 6.45) is 6.48. The molecule has 0 amide bonds. The molecule has 0 aromatic heterocycles. The average Bonchev–Trinajstić information content (AvgIpc) is 2.22. The van der Waals surface area contributed by atoms with E-state index in [0.717, 1.165) is 12.1 Å². The first kappa shape index (κ1) is 15.1. The van der Waals surface area contributed by atoms with Crippen molar-refractivity contribution in [3.05, 3.63) is 24.4 Å². The van der Waals surface area contributed by atoms with E-state index in [2.05, 4.69) is 11.6 Å². The number of nitrogens with zero attached hydrogens (tertiary/aromatic N) is 1. The van der Waals surface area contributed by atoms with Gasteiger partial charge in [-0.1, -0.05) is 13.5 Å². The molecule has 16 heavy (non-hydrogen) atoms. The van der Waals surface area contributed by atoms with Gasteiger partial charge in [-0.25, -0.2) is 0 Å². The Kier molecular flexibility index (Phi) is 7.77. The first-order chi connectivity index (χ1) is 7.49. The van der Waals surface area contributed by atoms with Crippen LogP contribution < -0.4 is 5.73 Å². The molecule has 0 rings (SSSR count). The molecule has 0 spiro atoms. The predicted molar refractivity (Wildman–Crippen MR) is 70.7 cm³/mol. The van der Waals surface area contributed by atoms with Gasteiger partial charge in [0.2, 0.25) is 0 Å². The standard InChI is InChI=1S/C13H24N2O/c1-6-12(14)8-13(7-2)15-9-11(5)16-10(3)4/h7-12H,2,6,14H2,1,3-5H3/b13-8+,15-9+. The number of aliphatic imine (C=N–C) groups is 1. The number of hydrogen-bond donors (Lipinski definition) is 1. The summed E-state index contributed by atoms with van der Waals surface area (Å²) >= 11 is 0. The van der Waals surface area contributed by atoms with Gasteiger partial charge in [0.15, 0.2) is 0 Å². The van der Waals surface area contributed by atoms with Crippen molar-refractivity contribution in [1.29, 1.82) is 0 Å². The van der Waals surface area contributed by atoms with Crippen molar-refractivity contribution < 1.29 is 4.74 Å². The van der Waals surface area contributed by atoms with Crippen LogP contribution >= 0.6 is 0 Å². The lowest BCUT2D eigenvalue weighted by Crippen LogP contribution is -2.16. The summed E-state index contributed by atoms with van der Waals surface area (Å²) in [4.78, 5) is 4.30. The molecule has 0 aliphatic heterocycles. The van der Waals surface area contributed by atoms with E-state index in [9.17, 15) is 0 Å². The molecule has 3 heteroatoms. The minimum Gasteiger partial charge on any atom is -0.370 e. The van der Waals surface area contributed by atoms with E-state index < -0.39 is 0 Å². The third-order valence-electron chi connectivity index (χ3n) is 1.99. The molecule has 0 fully saturated rings. The van der Waals surface area contributed by atoms with Crippen LogP contribution in [-0.2, 0) is 4.74 Å². The highest BCUT2D eigenvalue weighted by Gasteiger charge is 2.01. The second-order valence-corrected chi connectivity index (χ2v) is 4.04. The lowest BCUT2D eigenvalue weighted by Gasteiger charge is -2.11. The van der Waals surface area contributed by atoms with Gasteiger partial charge in [0.1, 0.15) is 0 Å². The van der Waals surface area contributed by atoms with E-state index in [0.29, 0.717) is 0 Å². The Morgan fingerprint density at radius 3 is 2.50 bits per heavy atom. The van der Waals surface area contributed by atoms with Crippen LogP contribution in [0, 0.1) is 0 Å². The van der Waals surface area contributed by atoms with Crippen molar-refractivity contribution in [2.24, 2.45) is 10.7 Å². The SMILES string of the molecule is C=CC(=C\C(N)CC)/N=C/C(C)OC(C)C. The van der Waals surface area contributed by atoms with Crippen molar-refractivity contribution in [2.75, 3.05) is 0 Å². The average molecular weight is 224 g/mol. The molecule has 0 saturated carbocycles. The van der Waals surface area contributed by atoms with Gasteiger partial charge >= 0.3 is 0 Å². The van der Waals surface area contributed by atoms with Crippen molar-refractivity contribution in [2.45, 2.75) is 52.4 Å². The summed E-state index contributed by atoms with van der Waals surface area (Å²) in [6.45, 7) is 11.7. The van der Waals surface area contributed by atoms with Gasteiger partial charge < -0.3 is 10.5 Å². The highest BCUT2D eigenvalue weighted by atomic mass is 16.5. The van der Waals surface area contributed by atoms with Crippen LogP contribution in [0.2, 0.25) is 0 Å². The molecule has 0 radical (unpaired) electrons. The fourth-order valence-corrected chi connectivity index (χ4v) is 1.16. The van der Waals surface area contributed by atoms with E-state index in [1.54, 1.807) is 12.3 Å². The minimum absolute atomic E-state index is 0.00111. The molecular weight excluding hydrogens is 200 g/mol. The summed E-state index contributed by atoms with van der Waals surface area (Å²) in [6, 6.07) is 0.0338. The molecule has 92 valence electrons. The minimum atomic E-state index is 0.00111. The van der Waals surface area contributed by atoms with Gasteiger partial charge in [0, 0.05) is 12.3 Å². The third-order valence-corrected chi connectivity index (χ3v) is 1.99. The maximum absolute atomic E-state index is 5.81. The monoisotopic (exact) mass is 224 g/mol. The van der Waals surface area contributed by atoms with Crippen molar-refractivity contribution in [3.63, 3.8) is 0 Å². The van der Waals surface area contributed by atoms with Crippen LogP contribution in [0.25, 0.3) is 0 Å². The van der Waals surface area contributed by atoms with Gasteiger partial charge in [0.25, 0.3) is 0 Å². The van der Waals surface area contributed by atoms with Crippen molar-refractivity contribution >= 4 is 6.21 Å². The summed E-state index contributed by atoms with van der Waals surface area (Å²) in [7, 11) is 0. The van der Waals surface area contributed by atoms with Crippen molar-refractivity contribution in [1.82, 2.24) is 0 Å². The first-order valence-corrected chi connectivity index (χ1v) is 5.79. The maximum atomic E-state index is 5.81. The zero-order chi connectivity index (χ0) is 12.6. The molecule has 3 nitrogen and oxygen atoms in total. The van der Waals surface area contributed by atoms with E-state index in [1.165, 1.54) is 0 Å². The van der Waals surface area contributed by atoms with Gasteiger partial charge in [-0.05, 0) is 39.3 Å². The largest absolute Gasteiger partial charge is 0.370 e. The lowest BCUT2D eigenvalue weighted by molar-refractivity contribution is 0.0592. The highest BCUT2D eigenvalue weighted by molar-refractivity contribution is 5.64. The molecule has 0 aromatic carbocycles. The molecule has 0 heterocycles. The van der Waals surface area contributed by atoms with E-state index in [-0.39, 0.29) is 18.2 Å². The van der Waals surface area contributed by atoms with Gasteiger partial charge in [-0.15, -0.1) is 0 Å². The number of ether oxygens (including phenoxy) is 1. The van der Waals surface area contributed by atoms with Gasteiger partial charge in [-0.3, -0.25) is 4.99 Å². The molecule has 0 saturated heterocycles. The van der Waals surface area contributed by atoms with E-state index in [1.807, 2.05) is 33.8 Å². The Bertz CT molecular complexity index is 257. The quantitative estimate of drug-likeness (QED) is 0.534. The highest BCUT2D eigenvalue weighted by Crippen LogP contribution is 2.02. The van der Waals surface area contributed by atoms with E-state index >= 15 is 0 Å². The van der Waals surface area contributed by atoms with Crippen LogP contribution in [0.1, 0.15) is 34.1 Å². The Labute approximate surface area is 99.1 Å². The zero-order valence-electron chi connectivity index (χ0n) is 10.8. The Morgan fingerprint density at radius 1 is 1.44 bits per heavy atom. The Hall–Kier alpha value is -0.930. The van der Waals surface area contributed by atoms with Crippen LogP contribution in [0.5, 0.6) is 0 Å². The Balaban J connectivity index is 4.36. The fourth-order valence-electron chi connectivity index (χ4n) is 1.16. The van der Waals surface area contributed by atoms with Crippen LogP contribution in [0.15, 0.2) is 29.4 Å². The number of rotatable bonds is 7. The molecule has 0 aromatic rings. The summed E-state index contributed by atoms with van der Waals surface area (Å²) in [5.74, 6) is 0. The number of allylic oxidation sites excluding steroid dienone is 1. The third kappa shape index (κ3) is 7.37. The normalized spacial score (nSPS) is 16.8. The van der Waals surface area contributed by atoms with Gasteiger partial charge in [0.05, 0.1) is 17.9 Å². The number of nitrogens with two attached hydrogens (primary N) is 1. The topological polar surface area (TPSA) is 47.6 Å². The predicted octanol–water partition coefficient (Wildman–Crippen LogP) is 2.68. The molecule has 0 aliphatic carbocycles. The smallest absolute Gasteiger partial charge is 0.0901 e. The van der Waals surface area contributed by atoms with Crippen LogP contribution in [0.3, 0.4) is 0 Å². The Morgan fingerprint density at radius 2 is 2.06 bits per heavy atom. The van der Waals surface area contributed by atoms with Crippen molar-refractivity contribution in [3.8, 4) is 0 Å². The zero-order valence-corrected chi connectivity index (χ0v) is 10.8. The summed E-state index contributed by atoms with van der Waals surface area (Å²) in [5, 5.41) is 0. The molecule has 0 bridgehead atoms. The van der Waals surface area contributed by atoms with Crippen LogP contribution in [-0.4, -0.2) is 24.5 Å². The maximum Gasteiger partial charge on any atom is 0.0901 e. The van der Waals surface area contributed by atoms with Crippen LogP contribution in [0.4, 0.5) is 0 Å². The molecular formula is C13H24N2O. The summed E-state index contributed by atoms with van der Waals surface area (Å²) < 4.78 is 5.53. The first-order valence-electron chi connectivity index (χ1n) is 5.79. The lowest BCUT2D eigenvalue weighted by atomic mass is 10.2. The molecule has 2 N–H and O–H groups in total. The molecule has 2 unspecified atom stereocenters.